The SMILES string of the molecule is CN1CC[C@@H]2OCCN(S(=O)(=O)c3ccc(F)c(C#N)c3)[C@@H]2C1. The van der Waals surface area contributed by atoms with Crippen LogP contribution in [-0.2, 0) is 14.8 Å². The number of piperidine rings is 1. The summed E-state index contributed by atoms with van der Waals surface area (Å²) < 4.78 is 46.5. The fraction of sp³-hybridized carbons (Fsp3) is 0.533. The number of benzene rings is 1. The summed E-state index contributed by atoms with van der Waals surface area (Å²) in [7, 11) is -1.85. The Morgan fingerprint density at radius 3 is 2.91 bits per heavy atom. The second-order valence-corrected chi connectivity index (χ2v) is 7.79. The first-order chi connectivity index (χ1) is 10.9. The number of halogens is 1. The first kappa shape index (κ1) is 16.3. The van der Waals surface area contributed by atoms with Gasteiger partial charge < -0.3 is 9.64 Å². The molecule has 2 aliphatic heterocycles. The fourth-order valence-corrected chi connectivity index (χ4v) is 4.83. The second kappa shape index (κ2) is 6.17. The van der Waals surface area contributed by atoms with Crippen molar-refractivity contribution in [3.05, 3.63) is 29.6 Å². The van der Waals surface area contributed by atoms with Crippen LogP contribution in [0, 0.1) is 17.1 Å². The number of hydrogen-bond acceptors (Lipinski definition) is 5. The average Bonchev–Trinajstić information content (AvgIpc) is 2.54. The van der Waals surface area contributed by atoms with E-state index >= 15 is 0 Å². The lowest BCUT2D eigenvalue weighted by Gasteiger charge is -2.45. The monoisotopic (exact) mass is 339 g/mol. The number of fused-ring (bicyclic) bond motifs is 1. The zero-order valence-electron chi connectivity index (χ0n) is 12.8. The van der Waals surface area contributed by atoms with Crippen molar-refractivity contribution in [2.45, 2.75) is 23.5 Å². The molecule has 0 N–H and O–H groups in total. The van der Waals surface area contributed by atoms with Crippen LogP contribution in [-0.4, -0.2) is 63.1 Å². The maximum atomic E-state index is 13.5. The highest BCUT2D eigenvalue weighted by Crippen LogP contribution is 2.28. The second-order valence-electron chi connectivity index (χ2n) is 5.90. The average molecular weight is 339 g/mol. The van der Waals surface area contributed by atoms with Gasteiger partial charge in [0.2, 0.25) is 10.0 Å². The third kappa shape index (κ3) is 2.97. The minimum Gasteiger partial charge on any atom is -0.375 e. The van der Waals surface area contributed by atoms with Crippen LogP contribution >= 0.6 is 0 Å². The van der Waals surface area contributed by atoms with E-state index in [-0.39, 0.29) is 29.1 Å². The maximum Gasteiger partial charge on any atom is 0.243 e. The molecule has 2 heterocycles. The maximum absolute atomic E-state index is 13.5. The highest BCUT2D eigenvalue weighted by molar-refractivity contribution is 7.89. The predicted molar refractivity (Wildman–Crippen MR) is 80.6 cm³/mol. The molecule has 1 aromatic rings. The number of likely N-dealkylation sites (tertiary alicyclic amines) is 1. The molecule has 3 rings (SSSR count). The minimum absolute atomic E-state index is 0.0515. The molecule has 2 saturated heterocycles. The Labute approximate surface area is 135 Å². The zero-order chi connectivity index (χ0) is 16.6. The molecule has 1 aromatic carbocycles. The van der Waals surface area contributed by atoms with Gasteiger partial charge in [-0.1, -0.05) is 0 Å². The Bertz CT molecular complexity index is 747. The number of sulfonamides is 1. The van der Waals surface area contributed by atoms with Gasteiger partial charge in [-0.15, -0.1) is 0 Å². The lowest BCUT2D eigenvalue weighted by atomic mass is 10.0. The molecule has 8 heteroatoms. The van der Waals surface area contributed by atoms with E-state index in [1.807, 2.05) is 7.05 Å². The summed E-state index contributed by atoms with van der Waals surface area (Å²) in [6, 6.07) is 4.76. The van der Waals surface area contributed by atoms with Crippen LogP contribution in [0.1, 0.15) is 12.0 Å². The molecule has 0 saturated carbocycles. The zero-order valence-corrected chi connectivity index (χ0v) is 13.6. The molecule has 2 fully saturated rings. The van der Waals surface area contributed by atoms with Crippen molar-refractivity contribution in [1.82, 2.24) is 9.21 Å². The van der Waals surface area contributed by atoms with Crippen LogP contribution < -0.4 is 0 Å². The molecule has 2 aliphatic rings. The van der Waals surface area contributed by atoms with Crippen molar-refractivity contribution < 1.29 is 17.5 Å². The van der Waals surface area contributed by atoms with Gasteiger partial charge in [0.25, 0.3) is 0 Å². The third-order valence-corrected chi connectivity index (χ3v) is 6.32. The number of likely N-dealkylation sites (N-methyl/N-ethyl adjacent to an activating group) is 1. The topological polar surface area (TPSA) is 73.6 Å². The molecular weight excluding hydrogens is 321 g/mol. The highest BCUT2D eigenvalue weighted by atomic mass is 32.2. The van der Waals surface area contributed by atoms with Gasteiger partial charge in [-0.2, -0.15) is 9.57 Å². The molecule has 0 aliphatic carbocycles. The molecule has 23 heavy (non-hydrogen) atoms. The van der Waals surface area contributed by atoms with Crippen molar-refractivity contribution in [2.75, 3.05) is 33.3 Å². The number of nitrogens with zero attached hydrogens (tertiary/aromatic N) is 3. The standard InChI is InChI=1S/C15H18FN3O3S/c1-18-5-4-15-14(10-18)19(6-7-22-15)23(20,21)12-2-3-13(16)11(8-12)9-17/h2-3,8,14-15H,4-7,10H2,1H3/t14-,15+/m1/s1. The van der Waals surface area contributed by atoms with Crippen LogP contribution in [0.4, 0.5) is 4.39 Å². The summed E-state index contributed by atoms with van der Waals surface area (Å²) in [6.45, 7) is 2.06. The Hall–Kier alpha value is -1.53. The summed E-state index contributed by atoms with van der Waals surface area (Å²) in [6.07, 6.45) is 0.658. The van der Waals surface area contributed by atoms with E-state index in [1.54, 1.807) is 6.07 Å². The quantitative estimate of drug-likeness (QED) is 0.796. The van der Waals surface area contributed by atoms with Gasteiger partial charge in [0, 0.05) is 19.6 Å². The molecule has 0 spiro atoms. The summed E-state index contributed by atoms with van der Waals surface area (Å²) in [5.41, 5.74) is -0.267. The van der Waals surface area contributed by atoms with Gasteiger partial charge in [0.1, 0.15) is 11.9 Å². The molecule has 2 atom stereocenters. The molecule has 124 valence electrons. The van der Waals surface area contributed by atoms with Crippen LogP contribution in [0.2, 0.25) is 0 Å². The minimum atomic E-state index is -3.80. The van der Waals surface area contributed by atoms with E-state index in [4.69, 9.17) is 10.00 Å². The van der Waals surface area contributed by atoms with Crippen LogP contribution in [0.5, 0.6) is 0 Å². The fourth-order valence-electron chi connectivity index (χ4n) is 3.18. The van der Waals surface area contributed by atoms with Crippen molar-refractivity contribution in [1.29, 1.82) is 5.26 Å². The smallest absolute Gasteiger partial charge is 0.243 e. The first-order valence-electron chi connectivity index (χ1n) is 7.45. The molecule has 0 radical (unpaired) electrons. The van der Waals surface area contributed by atoms with E-state index in [9.17, 15) is 12.8 Å². The van der Waals surface area contributed by atoms with Gasteiger partial charge in [-0.25, -0.2) is 12.8 Å². The van der Waals surface area contributed by atoms with Gasteiger partial charge in [-0.05, 0) is 31.7 Å². The Balaban J connectivity index is 1.96. The van der Waals surface area contributed by atoms with Gasteiger partial charge >= 0.3 is 0 Å². The van der Waals surface area contributed by atoms with Gasteiger partial charge in [0.15, 0.2) is 0 Å². The number of ether oxygens (including phenoxy) is 1. The van der Waals surface area contributed by atoms with E-state index < -0.39 is 15.8 Å². The van der Waals surface area contributed by atoms with Crippen molar-refractivity contribution in [2.24, 2.45) is 0 Å². The largest absolute Gasteiger partial charge is 0.375 e. The van der Waals surface area contributed by atoms with Crippen LogP contribution in [0.3, 0.4) is 0 Å². The van der Waals surface area contributed by atoms with Crippen LogP contribution in [0.15, 0.2) is 23.1 Å². The van der Waals surface area contributed by atoms with E-state index in [0.29, 0.717) is 13.2 Å². The van der Waals surface area contributed by atoms with Gasteiger partial charge in [-0.3, -0.25) is 0 Å². The summed E-state index contributed by atoms with van der Waals surface area (Å²) in [5, 5.41) is 8.92. The van der Waals surface area contributed by atoms with Gasteiger partial charge in [0.05, 0.1) is 29.2 Å². The van der Waals surface area contributed by atoms with Crippen molar-refractivity contribution in [3.8, 4) is 6.07 Å². The number of morpholine rings is 1. The highest BCUT2D eigenvalue weighted by Gasteiger charge is 2.42. The van der Waals surface area contributed by atoms with E-state index in [2.05, 4.69) is 4.90 Å². The molecule has 0 amide bonds. The molecule has 0 bridgehead atoms. The summed E-state index contributed by atoms with van der Waals surface area (Å²) in [4.78, 5) is 2.02. The van der Waals surface area contributed by atoms with Crippen LogP contribution in [0.25, 0.3) is 0 Å². The Morgan fingerprint density at radius 1 is 1.39 bits per heavy atom. The molecule has 6 nitrogen and oxygen atoms in total. The predicted octanol–water partition coefficient (Wildman–Crippen LogP) is 0.791. The number of rotatable bonds is 2. The first-order valence-corrected chi connectivity index (χ1v) is 8.89. The molecule has 0 aromatic heterocycles. The molecular formula is C15H18FN3O3S. The summed E-state index contributed by atoms with van der Waals surface area (Å²) >= 11 is 0. The number of nitriles is 1. The summed E-state index contributed by atoms with van der Waals surface area (Å²) in [5.74, 6) is -0.719. The Morgan fingerprint density at radius 2 is 2.17 bits per heavy atom. The molecule has 0 unspecified atom stereocenters. The van der Waals surface area contributed by atoms with E-state index in [1.165, 1.54) is 10.4 Å². The Kier molecular flexibility index (Phi) is 4.38. The normalized spacial score (nSPS) is 26.5. The lowest BCUT2D eigenvalue weighted by molar-refractivity contribution is -0.0719. The van der Waals surface area contributed by atoms with Crippen molar-refractivity contribution >= 4 is 10.0 Å². The van der Waals surface area contributed by atoms with Crippen molar-refractivity contribution in [3.63, 3.8) is 0 Å². The third-order valence-electron chi connectivity index (χ3n) is 4.40. The number of hydrogen-bond donors (Lipinski definition) is 0. The van der Waals surface area contributed by atoms with E-state index in [0.717, 1.165) is 25.1 Å². The lowest BCUT2D eigenvalue weighted by Crippen LogP contribution is -2.60.